The van der Waals surface area contributed by atoms with Crippen LogP contribution in [-0.2, 0) is 16.1 Å². The van der Waals surface area contributed by atoms with E-state index in [0.717, 1.165) is 5.56 Å². The first-order chi connectivity index (χ1) is 8.60. The summed E-state index contributed by atoms with van der Waals surface area (Å²) in [5.74, 6) is 5.46. The van der Waals surface area contributed by atoms with Crippen LogP contribution in [0.2, 0.25) is 0 Å². The average molecular weight is 251 g/mol. The van der Waals surface area contributed by atoms with E-state index in [0.29, 0.717) is 11.6 Å². The van der Waals surface area contributed by atoms with E-state index in [2.05, 4.69) is 9.84 Å². The van der Waals surface area contributed by atoms with E-state index < -0.39 is 6.09 Å². The number of hydrogen-bond donors (Lipinski definition) is 1. The van der Waals surface area contributed by atoms with Crippen molar-refractivity contribution in [2.45, 2.75) is 13.5 Å². The van der Waals surface area contributed by atoms with Crippen LogP contribution in [0.1, 0.15) is 12.5 Å². The molecule has 0 saturated carbocycles. The van der Waals surface area contributed by atoms with Crippen molar-refractivity contribution >= 4 is 17.7 Å². The van der Waals surface area contributed by atoms with Gasteiger partial charge in [0.1, 0.15) is 6.61 Å². The summed E-state index contributed by atoms with van der Waals surface area (Å²) in [7, 11) is 2.97. The normalized spacial score (nSPS) is 10.9. The number of benzene rings is 1. The number of hydrazone groups is 1. The second kappa shape index (κ2) is 6.48. The highest BCUT2D eigenvalue weighted by atomic mass is 16.5. The first-order valence-corrected chi connectivity index (χ1v) is 5.37. The molecule has 2 N–H and O–H groups in total. The van der Waals surface area contributed by atoms with Crippen LogP contribution in [0.3, 0.4) is 0 Å². The Hall–Kier alpha value is -2.24. The maximum Gasteiger partial charge on any atom is 0.413 e. The van der Waals surface area contributed by atoms with Gasteiger partial charge in [0.25, 0.3) is 0 Å². The quantitative estimate of drug-likeness (QED) is 0.384. The van der Waals surface area contributed by atoms with Gasteiger partial charge in [-0.3, -0.25) is 4.90 Å². The van der Waals surface area contributed by atoms with Crippen LogP contribution in [0, 0.1) is 0 Å². The van der Waals surface area contributed by atoms with Gasteiger partial charge in [-0.1, -0.05) is 18.2 Å². The molecule has 1 amide bonds. The number of amides is 1. The number of nitrogens with zero attached hydrogens (tertiary/aromatic N) is 2. The van der Waals surface area contributed by atoms with E-state index in [1.165, 1.54) is 12.0 Å². The molecule has 0 unspecified atom stereocenters. The lowest BCUT2D eigenvalue weighted by Crippen LogP contribution is -2.27. The molecule has 1 aromatic carbocycles. The Labute approximate surface area is 106 Å². The smallest absolute Gasteiger partial charge is 0.413 e. The van der Waals surface area contributed by atoms with Gasteiger partial charge in [0.15, 0.2) is 0 Å². The van der Waals surface area contributed by atoms with Gasteiger partial charge in [0, 0.05) is 19.5 Å². The molecule has 0 aromatic heterocycles. The molecule has 98 valence electrons. The number of carbonyl (C=O) groups excluding carboxylic acids is 1. The maximum atomic E-state index is 11.5. The lowest BCUT2D eigenvalue weighted by molar-refractivity contribution is 0.180. The van der Waals surface area contributed by atoms with Crippen LogP contribution < -0.4 is 10.7 Å². The van der Waals surface area contributed by atoms with Crippen LogP contribution in [-0.4, -0.2) is 26.1 Å². The average Bonchev–Trinajstić information content (AvgIpc) is 2.43. The lowest BCUT2D eigenvalue weighted by atomic mass is 10.2. The number of anilines is 1. The zero-order chi connectivity index (χ0) is 13.5. The number of hydrogen-bond acceptors (Lipinski definition) is 5. The van der Waals surface area contributed by atoms with Gasteiger partial charge in [0.05, 0.1) is 12.8 Å². The summed E-state index contributed by atoms with van der Waals surface area (Å²) in [5.41, 5.74) is 1.56. The molecular formula is C12H17N3O3. The summed E-state index contributed by atoms with van der Waals surface area (Å²) in [4.78, 5) is 12.9. The summed E-state index contributed by atoms with van der Waals surface area (Å²) in [6, 6.07) is 7.37. The summed E-state index contributed by atoms with van der Waals surface area (Å²) in [6.45, 7) is 1.94. The van der Waals surface area contributed by atoms with Gasteiger partial charge in [-0.05, 0) is 6.07 Å². The maximum absolute atomic E-state index is 11.5. The van der Waals surface area contributed by atoms with E-state index in [4.69, 9.17) is 10.6 Å². The van der Waals surface area contributed by atoms with Crippen molar-refractivity contribution in [1.82, 2.24) is 0 Å². The largest absolute Gasteiger partial charge is 0.475 e. The minimum absolute atomic E-state index is 0.282. The van der Waals surface area contributed by atoms with Crippen LogP contribution in [0.15, 0.2) is 29.4 Å². The molecule has 1 rings (SSSR count). The molecule has 18 heavy (non-hydrogen) atoms. The van der Waals surface area contributed by atoms with E-state index in [1.807, 2.05) is 24.3 Å². The highest BCUT2D eigenvalue weighted by Crippen LogP contribution is 2.20. The van der Waals surface area contributed by atoms with Crippen LogP contribution in [0.4, 0.5) is 10.5 Å². The SMILES string of the molecule is COC(=O)N(C)c1ccccc1CO/C(C)=N/N. The van der Waals surface area contributed by atoms with E-state index >= 15 is 0 Å². The molecule has 0 bridgehead atoms. The molecule has 0 saturated heterocycles. The number of para-hydroxylation sites is 1. The summed E-state index contributed by atoms with van der Waals surface area (Å²) < 4.78 is 10.00. The van der Waals surface area contributed by atoms with Crippen molar-refractivity contribution in [2.24, 2.45) is 10.9 Å². The molecule has 0 aliphatic heterocycles. The molecule has 6 heteroatoms. The molecule has 0 radical (unpaired) electrons. The van der Waals surface area contributed by atoms with Crippen molar-refractivity contribution in [3.8, 4) is 0 Å². The van der Waals surface area contributed by atoms with E-state index in [-0.39, 0.29) is 6.61 Å². The summed E-state index contributed by atoms with van der Waals surface area (Å²) in [6.07, 6.45) is -0.438. The molecule has 0 spiro atoms. The monoisotopic (exact) mass is 251 g/mol. The number of carbonyl (C=O) groups is 1. The molecule has 0 aliphatic carbocycles. The molecule has 0 fully saturated rings. The Morgan fingerprint density at radius 3 is 2.72 bits per heavy atom. The second-order valence-electron chi connectivity index (χ2n) is 3.59. The van der Waals surface area contributed by atoms with Crippen molar-refractivity contribution in [3.63, 3.8) is 0 Å². The van der Waals surface area contributed by atoms with Crippen molar-refractivity contribution in [1.29, 1.82) is 0 Å². The fraction of sp³-hybridized carbons (Fsp3) is 0.333. The fourth-order valence-electron chi connectivity index (χ4n) is 1.41. The zero-order valence-electron chi connectivity index (χ0n) is 10.7. The van der Waals surface area contributed by atoms with Gasteiger partial charge in [-0.25, -0.2) is 4.79 Å². The molecule has 0 aliphatic rings. The minimum Gasteiger partial charge on any atom is -0.475 e. The standard InChI is InChI=1S/C12H17N3O3/c1-9(14-13)18-8-10-6-4-5-7-11(10)15(2)12(16)17-3/h4-7H,8,13H2,1-3H3/b14-9+. The Bertz CT molecular complexity index is 446. The number of nitrogens with two attached hydrogens (primary N) is 1. The molecule has 0 atom stereocenters. The second-order valence-corrected chi connectivity index (χ2v) is 3.59. The third-order valence-corrected chi connectivity index (χ3v) is 2.42. The van der Waals surface area contributed by atoms with Crippen molar-refractivity contribution in [2.75, 3.05) is 19.1 Å². The van der Waals surface area contributed by atoms with Gasteiger partial charge in [-0.2, -0.15) is 0 Å². The lowest BCUT2D eigenvalue weighted by Gasteiger charge is -2.19. The molecule has 0 heterocycles. The third kappa shape index (κ3) is 3.38. The minimum atomic E-state index is -0.438. The summed E-state index contributed by atoms with van der Waals surface area (Å²) in [5, 5.41) is 3.42. The highest BCUT2D eigenvalue weighted by molar-refractivity contribution is 5.87. The fourth-order valence-corrected chi connectivity index (χ4v) is 1.41. The van der Waals surface area contributed by atoms with Crippen molar-refractivity contribution in [3.05, 3.63) is 29.8 Å². The Kier molecular flexibility index (Phi) is 4.98. The number of rotatable bonds is 3. The summed E-state index contributed by atoms with van der Waals surface area (Å²) >= 11 is 0. The predicted octanol–water partition coefficient (Wildman–Crippen LogP) is 1.70. The Morgan fingerprint density at radius 1 is 1.44 bits per heavy atom. The Morgan fingerprint density at radius 2 is 2.11 bits per heavy atom. The number of ether oxygens (including phenoxy) is 2. The highest BCUT2D eigenvalue weighted by Gasteiger charge is 2.14. The third-order valence-electron chi connectivity index (χ3n) is 2.42. The molecular weight excluding hydrogens is 234 g/mol. The van der Waals surface area contributed by atoms with E-state index in [9.17, 15) is 4.79 Å². The topological polar surface area (TPSA) is 77.1 Å². The zero-order valence-corrected chi connectivity index (χ0v) is 10.7. The van der Waals surface area contributed by atoms with Gasteiger partial charge >= 0.3 is 6.09 Å². The molecule has 1 aromatic rings. The van der Waals surface area contributed by atoms with Gasteiger partial charge < -0.3 is 15.3 Å². The molecule has 6 nitrogen and oxygen atoms in total. The van der Waals surface area contributed by atoms with E-state index in [1.54, 1.807) is 14.0 Å². The predicted molar refractivity (Wildman–Crippen MR) is 69.3 cm³/mol. The van der Waals surface area contributed by atoms with Gasteiger partial charge in [-0.15, -0.1) is 5.10 Å². The first-order valence-electron chi connectivity index (χ1n) is 5.37. The Balaban J connectivity index is 2.89. The van der Waals surface area contributed by atoms with Crippen LogP contribution in [0.25, 0.3) is 0 Å². The van der Waals surface area contributed by atoms with Gasteiger partial charge in [0.2, 0.25) is 5.90 Å². The van der Waals surface area contributed by atoms with Crippen LogP contribution >= 0.6 is 0 Å². The first kappa shape index (κ1) is 13.8. The van der Waals surface area contributed by atoms with Crippen molar-refractivity contribution < 1.29 is 14.3 Å². The number of methoxy groups -OCH3 is 1. The van der Waals surface area contributed by atoms with Crippen LogP contribution in [0.5, 0.6) is 0 Å².